The lowest BCUT2D eigenvalue weighted by molar-refractivity contribution is 1.12. The van der Waals surface area contributed by atoms with Gasteiger partial charge in [-0.3, -0.25) is 0 Å². The molecule has 0 aliphatic heterocycles. The van der Waals surface area contributed by atoms with Crippen molar-refractivity contribution in [3.8, 4) is 11.1 Å². The SMILES string of the molecule is Brc1n[c]ncc1-c1ccccc1. The first-order valence-corrected chi connectivity index (χ1v) is 4.61. The highest BCUT2D eigenvalue weighted by molar-refractivity contribution is 9.10. The Morgan fingerprint density at radius 3 is 2.62 bits per heavy atom. The summed E-state index contributed by atoms with van der Waals surface area (Å²) in [6.07, 6.45) is 4.27. The van der Waals surface area contributed by atoms with Crippen LogP contribution < -0.4 is 0 Å². The van der Waals surface area contributed by atoms with Crippen molar-refractivity contribution in [3.63, 3.8) is 0 Å². The van der Waals surface area contributed by atoms with Crippen LogP contribution in [0.4, 0.5) is 0 Å². The number of hydrogen-bond acceptors (Lipinski definition) is 2. The van der Waals surface area contributed by atoms with E-state index in [4.69, 9.17) is 0 Å². The Bertz CT molecular complexity index is 401. The second kappa shape index (κ2) is 3.66. The van der Waals surface area contributed by atoms with Crippen molar-refractivity contribution in [2.75, 3.05) is 0 Å². The Kier molecular flexibility index (Phi) is 2.36. The molecule has 0 spiro atoms. The fourth-order valence-electron chi connectivity index (χ4n) is 1.09. The molecule has 1 aromatic heterocycles. The van der Waals surface area contributed by atoms with Crippen molar-refractivity contribution < 1.29 is 0 Å². The van der Waals surface area contributed by atoms with E-state index in [1.165, 1.54) is 0 Å². The van der Waals surface area contributed by atoms with Crippen LogP contribution in [0.3, 0.4) is 0 Å². The van der Waals surface area contributed by atoms with Crippen molar-refractivity contribution in [2.45, 2.75) is 0 Å². The molecule has 0 fully saturated rings. The molecule has 0 atom stereocenters. The van der Waals surface area contributed by atoms with Gasteiger partial charge in [0.2, 0.25) is 0 Å². The summed E-state index contributed by atoms with van der Waals surface area (Å²) < 4.78 is 0.772. The minimum absolute atomic E-state index is 0.772. The molecule has 0 unspecified atom stereocenters. The van der Waals surface area contributed by atoms with Crippen LogP contribution >= 0.6 is 15.9 Å². The lowest BCUT2D eigenvalue weighted by Crippen LogP contribution is -1.85. The number of rotatable bonds is 1. The van der Waals surface area contributed by atoms with Crippen LogP contribution in [0.25, 0.3) is 11.1 Å². The van der Waals surface area contributed by atoms with Gasteiger partial charge < -0.3 is 0 Å². The smallest absolute Gasteiger partial charge is 0.198 e. The first-order valence-electron chi connectivity index (χ1n) is 3.82. The molecule has 3 heteroatoms. The van der Waals surface area contributed by atoms with Gasteiger partial charge in [-0.1, -0.05) is 30.3 Å². The topological polar surface area (TPSA) is 25.8 Å². The van der Waals surface area contributed by atoms with Gasteiger partial charge in [-0.05, 0) is 21.5 Å². The number of benzene rings is 1. The zero-order chi connectivity index (χ0) is 9.10. The lowest BCUT2D eigenvalue weighted by atomic mass is 10.1. The van der Waals surface area contributed by atoms with Gasteiger partial charge in [0.15, 0.2) is 6.33 Å². The van der Waals surface area contributed by atoms with Gasteiger partial charge >= 0.3 is 0 Å². The minimum Gasteiger partial charge on any atom is -0.233 e. The summed E-state index contributed by atoms with van der Waals surface area (Å²) >= 11 is 3.35. The second-order valence-electron chi connectivity index (χ2n) is 2.54. The Balaban J connectivity index is 2.54. The Hall–Kier alpha value is -1.22. The monoisotopic (exact) mass is 233 g/mol. The van der Waals surface area contributed by atoms with E-state index in [2.05, 4.69) is 32.2 Å². The molecule has 63 valence electrons. The summed E-state index contributed by atoms with van der Waals surface area (Å²) in [7, 11) is 0. The van der Waals surface area contributed by atoms with Crippen molar-refractivity contribution in [2.24, 2.45) is 0 Å². The van der Waals surface area contributed by atoms with E-state index >= 15 is 0 Å². The summed E-state index contributed by atoms with van der Waals surface area (Å²) in [5, 5.41) is 0. The highest BCUT2D eigenvalue weighted by Crippen LogP contribution is 2.24. The van der Waals surface area contributed by atoms with Gasteiger partial charge in [-0.25, -0.2) is 9.97 Å². The summed E-state index contributed by atoms with van der Waals surface area (Å²) in [6, 6.07) is 9.98. The van der Waals surface area contributed by atoms with Crippen molar-refractivity contribution >= 4 is 15.9 Å². The van der Waals surface area contributed by atoms with Crippen LogP contribution in [0.1, 0.15) is 0 Å². The maximum Gasteiger partial charge on any atom is 0.198 e. The molecule has 0 bridgehead atoms. The van der Waals surface area contributed by atoms with E-state index in [9.17, 15) is 0 Å². The van der Waals surface area contributed by atoms with E-state index in [0.29, 0.717) is 0 Å². The van der Waals surface area contributed by atoms with E-state index in [1.54, 1.807) is 6.20 Å². The van der Waals surface area contributed by atoms with E-state index in [-0.39, 0.29) is 0 Å². The Labute approximate surface area is 84.8 Å². The zero-order valence-electron chi connectivity index (χ0n) is 6.74. The van der Waals surface area contributed by atoms with Crippen molar-refractivity contribution in [1.29, 1.82) is 0 Å². The zero-order valence-corrected chi connectivity index (χ0v) is 8.32. The standard InChI is InChI=1S/C10H6BrN2/c11-10-9(6-12-7-13-10)8-4-2-1-3-5-8/h1-6H. The molecule has 0 saturated carbocycles. The number of aromatic nitrogens is 2. The lowest BCUT2D eigenvalue weighted by Gasteiger charge is -2.00. The molecule has 13 heavy (non-hydrogen) atoms. The van der Waals surface area contributed by atoms with Crippen LogP contribution in [-0.4, -0.2) is 9.97 Å². The third-order valence-electron chi connectivity index (χ3n) is 1.71. The van der Waals surface area contributed by atoms with Crippen LogP contribution in [0.5, 0.6) is 0 Å². The third kappa shape index (κ3) is 1.75. The molecule has 0 aliphatic rings. The Morgan fingerprint density at radius 1 is 1.15 bits per heavy atom. The molecular formula is C10H6BrN2. The van der Waals surface area contributed by atoms with Crippen LogP contribution in [0.2, 0.25) is 0 Å². The predicted molar refractivity (Wildman–Crippen MR) is 54.0 cm³/mol. The van der Waals surface area contributed by atoms with Gasteiger partial charge in [-0.2, -0.15) is 0 Å². The van der Waals surface area contributed by atoms with Crippen LogP contribution in [0.15, 0.2) is 41.1 Å². The molecule has 0 amide bonds. The minimum atomic E-state index is 0.772. The predicted octanol–water partition coefficient (Wildman–Crippen LogP) is 2.71. The highest BCUT2D eigenvalue weighted by Gasteiger charge is 2.01. The second-order valence-corrected chi connectivity index (χ2v) is 3.29. The molecule has 0 saturated heterocycles. The van der Waals surface area contributed by atoms with Crippen molar-refractivity contribution in [1.82, 2.24) is 9.97 Å². The number of hydrogen-bond donors (Lipinski definition) is 0. The molecule has 1 heterocycles. The quantitative estimate of drug-likeness (QED) is 0.709. The first-order chi connectivity index (χ1) is 6.38. The van der Waals surface area contributed by atoms with E-state index < -0.39 is 0 Å². The normalized spacial score (nSPS) is 9.92. The van der Waals surface area contributed by atoms with Crippen LogP contribution in [-0.2, 0) is 0 Å². The van der Waals surface area contributed by atoms with Crippen molar-refractivity contribution in [3.05, 3.63) is 47.5 Å². The van der Waals surface area contributed by atoms with Gasteiger partial charge in [0.05, 0.1) is 0 Å². The molecule has 1 radical (unpaired) electrons. The van der Waals surface area contributed by atoms with E-state index in [0.717, 1.165) is 15.7 Å². The summed E-state index contributed by atoms with van der Waals surface area (Å²) in [4.78, 5) is 7.79. The number of halogens is 1. The van der Waals surface area contributed by atoms with Gasteiger partial charge in [0, 0.05) is 11.8 Å². The average Bonchev–Trinajstić information content (AvgIpc) is 2.20. The van der Waals surface area contributed by atoms with Gasteiger partial charge in [0.25, 0.3) is 0 Å². The largest absolute Gasteiger partial charge is 0.233 e. The summed E-state index contributed by atoms with van der Waals surface area (Å²) in [6.45, 7) is 0. The highest BCUT2D eigenvalue weighted by atomic mass is 79.9. The summed E-state index contributed by atoms with van der Waals surface area (Å²) in [5.74, 6) is 0. The maximum absolute atomic E-state index is 3.94. The molecule has 0 aliphatic carbocycles. The first kappa shape index (κ1) is 8.38. The average molecular weight is 234 g/mol. The van der Waals surface area contributed by atoms with Crippen LogP contribution in [0, 0.1) is 6.33 Å². The van der Waals surface area contributed by atoms with Gasteiger partial charge in [-0.15, -0.1) is 0 Å². The number of nitrogens with zero attached hydrogens (tertiary/aromatic N) is 2. The van der Waals surface area contributed by atoms with Gasteiger partial charge in [0.1, 0.15) is 4.60 Å². The molecule has 0 N–H and O–H groups in total. The molecular weight excluding hydrogens is 228 g/mol. The fraction of sp³-hybridized carbons (Fsp3) is 0. The molecule has 2 nitrogen and oxygen atoms in total. The maximum atomic E-state index is 3.94. The third-order valence-corrected chi connectivity index (χ3v) is 2.31. The van der Waals surface area contributed by atoms with E-state index in [1.807, 2.05) is 30.3 Å². The summed E-state index contributed by atoms with van der Waals surface area (Å²) in [5.41, 5.74) is 2.09. The fourth-order valence-corrected chi connectivity index (χ4v) is 1.50. The molecule has 2 aromatic rings. The molecule has 1 aromatic carbocycles. The molecule has 2 rings (SSSR count). The Morgan fingerprint density at radius 2 is 1.92 bits per heavy atom.